The van der Waals surface area contributed by atoms with Crippen LogP contribution in [-0.2, 0) is 4.79 Å². The number of methoxy groups -OCH3 is 1. The van der Waals surface area contributed by atoms with E-state index in [-0.39, 0.29) is 30.3 Å². The van der Waals surface area contributed by atoms with Gasteiger partial charge in [-0.25, -0.2) is 0 Å². The van der Waals surface area contributed by atoms with Crippen LogP contribution >= 0.6 is 12.4 Å². The lowest BCUT2D eigenvalue weighted by Gasteiger charge is -2.33. The summed E-state index contributed by atoms with van der Waals surface area (Å²) in [6.45, 7) is 3.74. The molecule has 1 N–H and O–H groups in total. The van der Waals surface area contributed by atoms with Crippen molar-refractivity contribution in [1.29, 1.82) is 0 Å². The molecular formula is C17H24ClN3O3. The van der Waals surface area contributed by atoms with E-state index in [2.05, 4.69) is 5.32 Å². The molecule has 0 saturated carbocycles. The Balaban J connectivity index is 0.00000208. The maximum absolute atomic E-state index is 12.7. The number of nitrogens with zero attached hydrogens (tertiary/aromatic N) is 2. The van der Waals surface area contributed by atoms with Gasteiger partial charge in [-0.3, -0.25) is 9.59 Å². The predicted octanol–water partition coefficient (Wildman–Crippen LogP) is 1.15. The van der Waals surface area contributed by atoms with Gasteiger partial charge in [-0.1, -0.05) is 0 Å². The van der Waals surface area contributed by atoms with Crippen LogP contribution in [0, 0.1) is 0 Å². The molecule has 1 atom stereocenters. The number of ether oxygens (including phenoxy) is 1. The van der Waals surface area contributed by atoms with Crippen LogP contribution < -0.4 is 10.1 Å². The lowest BCUT2D eigenvalue weighted by atomic mass is 10.1. The van der Waals surface area contributed by atoms with Crippen molar-refractivity contribution in [3.8, 4) is 5.75 Å². The SMILES string of the molecule is COc1ccc(C(=O)N2CCCC2C(=O)N2CCNCC2)cc1.Cl. The lowest BCUT2D eigenvalue weighted by molar-refractivity contribution is -0.135. The molecule has 1 aromatic rings. The van der Waals surface area contributed by atoms with E-state index < -0.39 is 0 Å². The molecule has 0 radical (unpaired) electrons. The molecule has 7 heteroatoms. The Morgan fingerprint density at radius 1 is 1.12 bits per heavy atom. The molecular weight excluding hydrogens is 330 g/mol. The van der Waals surface area contributed by atoms with Crippen LogP contribution in [0.4, 0.5) is 0 Å². The van der Waals surface area contributed by atoms with Crippen molar-refractivity contribution in [3.63, 3.8) is 0 Å². The summed E-state index contributed by atoms with van der Waals surface area (Å²) in [4.78, 5) is 29.1. The Morgan fingerprint density at radius 2 is 1.79 bits per heavy atom. The highest BCUT2D eigenvalue weighted by Gasteiger charge is 2.37. The quantitative estimate of drug-likeness (QED) is 0.885. The normalized spacial score (nSPS) is 20.5. The highest BCUT2D eigenvalue weighted by molar-refractivity contribution is 5.98. The van der Waals surface area contributed by atoms with E-state index in [0.29, 0.717) is 12.1 Å². The van der Waals surface area contributed by atoms with Gasteiger partial charge in [-0.2, -0.15) is 0 Å². The fraction of sp³-hybridized carbons (Fsp3) is 0.529. The molecule has 2 aliphatic rings. The van der Waals surface area contributed by atoms with Crippen LogP contribution in [0.25, 0.3) is 0 Å². The fourth-order valence-electron chi connectivity index (χ4n) is 3.26. The van der Waals surface area contributed by atoms with Gasteiger partial charge in [0.1, 0.15) is 11.8 Å². The average molecular weight is 354 g/mol. The minimum absolute atomic E-state index is 0. The zero-order chi connectivity index (χ0) is 16.2. The number of halogens is 1. The first-order valence-electron chi connectivity index (χ1n) is 8.15. The van der Waals surface area contributed by atoms with Gasteiger partial charge in [0.25, 0.3) is 5.91 Å². The van der Waals surface area contributed by atoms with Crippen LogP contribution in [0.2, 0.25) is 0 Å². The molecule has 1 unspecified atom stereocenters. The van der Waals surface area contributed by atoms with Gasteiger partial charge in [0.15, 0.2) is 0 Å². The van der Waals surface area contributed by atoms with E-state index in [1.807, 2.05) is 4.90 Å². The number of hydrogen-bond donors (Lipinski definition) is 1. The number of carbonyl (C=O) groups excluding carboxylic acids is 2. The van der Waals surface area contributed by atoms with E-state index in [1.165, 1.54) is 0 Å². The molecule has 2 saturated heterocycles. The second kappa shape index (κ2) is 8.35. The van der Waals surface area contributed by atoms with E-state index >= 15 is 0 Å². The number of nitrogens with one attached hydrogen (secondary N) is 1. The van der Waals surface area contributed by atoms with Crippen molar-refractivity contribution < 1.29 is 14.3 Å². The first kappa shape index (κ1) is 18.5. The summed E-state index contributed by atoms with van der Waals surface area (Å²) in [6.07, 6.45) is 1.63. The van der Waals surface area contributed by atoms with Crippen molar-refractivity contribution in [1.82, 2.24) is 15.1 Å². The van der Waals surface area contributed by atoms with Gasteiger partial charge in [-0.05, 0) is 37.1 Å². The monoisotopic (exact) mass is 353 g/mol. The molecule has 2 amide bonds. The van der Waals surface area contributed by atoms with E-state index in [1.54, 1.807) is 36.3 Å². The number of rotatable bonds is 3. The highest BCUT2D eigenvalue weighted by Crippen LogP contribution is 2.23. The molecule has 2 fully saturated rings. The van der Waals surface area contributed by atoms with Gasteiger partial charge < -0.3 is 19.9 Å². The number of likely N-dealkylation sites (tertiary alicyclic amines) is 1. The third kappa shape index (κ3) is 3.82. The van der Waals surface area contributed by atoms with Gasteiger partial charge in [-0.15, -0.1) is 12.4 Å². The number of hydrogen-bond acceptors (Lipinski definition) is 4. The standard InChI is InChI=1S/C17H23N3O3.ClH/c1-23-14-6-4-13(5-7-14)16(21)20-10-2-3-15(20)17(22)19-11-8-18-9-12-19;/h4-7,15,18H,2-3,8-12H2,1H3;1H. The minimum Gasteiger partial charge on any atom is -0.497 e. The Hall–Kier alpha value is -1.79. The highest BCUT2D eigenvalue weighted by atomic mass is 35.5. The Labute approximate surface area is 148 Å². The Kier molecular flexibility index (Phi) is 6.45. The van der Waals surface area contributed by atoms with Crippen molar-refractivity contribution in [2.45, 2.75) is 18.9 Å². The molecule has 6 nitrogen and oxygen atoms in total. The van der Waals surface area contributed by atoms with Crippen LogP contribution in [0.15, 0.2) is 24.3 Å². The maximum Gasteiger partial charge on any atom is 0.254 e. The topological polar surface area (TPSA) is 61.9 Å². The number of carbonyl (C=O) groups is 2. The average Bonchev–Trinajstić information content (AvgIpc) is 3.11. The van der Waals surface area contributed by atoms with Crippen LogP contribution in [-0.4, -0.2) is 67.5 Å². The van der Waals surface area contributed by atoms with Gasteiger partial charge >= 0.3 is 0 Å². The third-order valence-electron chi connectivity index (χ3n) is 4.56. The molecule has 0 spiro atoms. The molecule has 0 bridgehead atoms. The molecule has 2 aliphatic heterocycles. The third-order valence-corrected chi connectivity index (χ3v) is 4.56. The van der Waals surface area contributed by atoms with Crippen molar-refractivity contribution in [3.05, 3.63) is 29.8 Å². The van der Waals surface area contributed by atoms with Crippen LogP contribution in [0.1, 0.15) is 23.2 Å². The molecule has 0 aromatic heterocycles. The molecule has 1 aromatic carbocycles. The van der Waals surface area contributed by atoms with Gasteiger partial charge in [0, 0.05) is 38.3 Å². The molecule has 3 rings (SSSR count). The van der Waals surface area contributed by atoms with Crippen molar-refractivity contribution >= 4 is 24.2 Å². The summed E-state index contributed by atoms with van der Waals surface area (Å²) in [5.74, 6) is 0.737. The van der Waals surface area contributed by atoms with Gasteiger partial charge in [0.2, 0.25) is 5.91 Å². The van der Waals surface area contributed by atoms with Crippen molar-refractivity contribution in [2.75, 3.05) is 39.8 Å². The second-order valence-electron chi connectivity index (χ2n) is 5.96. The van der Waals surface area contributed by atoms with E-state index in [4.69, 9.17) is 4.74 Å². The number of benzene rings is 1. The van der Waals surface area contributed by atoms with Gasteiger partial charge in [0.05, 0.1) is 7.11 Å². The van der Waals surface area contributed by atoms with E-state index in [9.17, 15) is 9.59 Å². The fourth-order valence-corrected chi connectivity index (χ4v) is 3.26. The summed E-state index contributed by atoms with van der Waals surface area (Å²) in [6, 6.07) is 6.74. The van der Waals surface area contributed by atoms with Crippen LogP contribution in [0.5, 0.6) is 5.75 Å². The zero-order valence-corrected chi connectivity index (χ0v) is 14.7. The summed E-state index contributed by atoms with van der Waals surface area (Å²) in [5.41, 5.74) is 0.603. The second-order valence-corrected chi connectivity index (χ2v) is 5.96. The number of amides is 2. The van der Waals surface area contributed by atoms with Crippen molar-refractivity contribution in [2.24, 2.45) is 0 Å². The predicted molar refractivity (Wildman–Crippen MR) is 93.8 cm³/mol. The molecule has 132 valence electrons. The summed E-state index contributed by atoms with van der Waals surface area (Å²) >= 11 is 0. The Morgan fingerprint density at radius 3 is 2.42 bits per heavy atom. The number of piperazine rings is 1. The molecule has 2 heterocycles. The van der Waals surface area contributed by atoms with E-state index in [0.717, 1.165) is 44.8 Å². The summed E-state index contributed by atoms with van der Waals surface area (Å²) in [7, 11) is 1.60. The lowest BCUT2D eigenvalue weighted by Crippen LogP contribution is -2.53. The van der Waals surface area contributed by atoms with Crippen LogP contribution in [0.3, 0.4) is 0 Å². The Bertz CT molecular complexity index is 573. The summed E-state index contributed by atoms with van der Waals surface area (Å²) < 4.78 is 5.12. The molecule has 0 aliphatic carbocycles. The molecule has 24 heavy (non-hydrogen) atoms. The zero-order valence-electron chi connectivity index (χ0n) is 13.9. The largest absolute Gasteiger partial charge is 0.497 e. The maximum atomic E-state index is 12.7. The minimum atomic E-state index is -0.317. The summed E-state index contributed by atoms with van der Waals surface area (Å²) in [5, 5.41) is 3.24. The first-order valence-corrected chi connectivity index (χ1v) is 8.15. The first-order chi connectivity index (χ1) is 11.2. The smallest absolute Gasteiger partial charge is 0.254 e.